The minimum Gasteiger partial charge on any atom is -0.294 e. The monoisotopic (exact) mass is 384 g/mol. The first-order valence-corrected chi connectivity index (χ1v) is 7.60. The summed E-state index contributed by atoms with van der Waals surface area (Å²) in [5, 5.41) is 4.36. The van der Waals surface area contributed by atoms with Crippen molar-refractivity contribution in [1.82, 2.24) is 9.78 Å². The minimum absolute atomic E-state index is 0.0880. The molecule has 1 aromatic carbocycles. The maximum atomic E-state index is 12.3. The molecule has 0 atom stereocenters. The Kier molecular flexibility index (Phi) is 4.58. The predicted molar refractivity (Wildman–Crippen MR) is 82.5 cm³/mol. The van der Waals surface area contributed by atoms with Crippen LogP contribution in [-0.2, 0) is 19.9 Å². The first kappa shape index (κ1) is 14.5. The van der Waals surface area contributed by atoms with Crippen molar-refractivity contribution in [2.75, 3.05) is 0 Å². The zero-order valence-corrected chi connectivity index (χ0v) is 14.0. The lowest BCUT2D eigenvalue weighted by molar-refractivity contribution is 0.0990. The number of aryl methyl sites for hydroxylation is 2. The van der Waals surface area contributed by atoms with Crippen molar-refractivity contribution in [2.24, 2.45) is 7.05 Å². The molecule has 0 amide bonds. The molecule has 100 valence electrons. The summed E-state index contributed by atoms with van der Waals surface area (Å²) in [7, 11) is 1.87. The Bertz CT molecular complexity index is 620. The Labute approximate surface area is 129 Å². The van der Waals surface area contributed by atoms with Gasteiger partial charge in [-0.1, -0.05) is 38.8 Å². The van der Waals surface area contributed by atoms with Crippen molar-refractivity contribution in [3.8, 4) is 0 Å². The van der Waals surface area contributed by atoms with Gasteiger partial charge in [0.1, 0.15) is 0 Å². The molecule has 1 heterocycles. The van der Waals surface area contributed by atoms with Crippen molar-refractivity contribution in [3.05, 3.63) is 50.2 Å². The lowest BCUT2D eigenvalue weighted by atomic mass is 10.1. The van der Waals surface area contributed by atoms with Gasteiger partial charge in [-0.3, -0.25) is 9.48 Å². The van der Waals surface area contributed by atoms with Gasteiger partial charge in [-0.15, -0.1) is 0 Å². The smallest absolute Gasteiger partial charge is 0.169 e. The van der Waals surface area contributed by atoms with Crippen molar-refractivity contribution in [3.63, 3.8) is 0 Å². The molecule has 0 aliphatic carbocycles. The number of ketones is 1. The van der Waals surface area contributed by atoms with Crippen LogP contribution >= 0.6 is 31.9 Å². The van der Waals surface area contributed by atoms with Gasteiger partial charge in [0.25, 0.3) is 0 Å². The molecule has 0 saturated carbocycles. The molecule has 0 N–H and O–H groups in total. The van der Waals surface area contributed by atoms with E-state index in [1.807, 2.05) is 31.3 Å². The molecule has 5 heteroatoms. The van der Waals surface area contributed by atoms with E-state index < -0.39 is 0 Å². The summed E-state index contributed by atoms with van der Waals surface area (Å²) in [6.45, 7) is 2.05. The quantitative estimate of drug-likeness (QED) is 0.747. The van der Waals surface area contributed by atoms with Gasteiger partial charge in [0.2, 0.25) is 0 Å². The van der Waals surface area contributed by atoms with E-state index in [-0.39, 0.29) is 5.78 Å². The lowest BCUT2D eigenvalue weighted by Gasteiger charge is -2.04. The maximum absolute atomic E-state index is 12.3. The average Bonchev–Trinajstić information content (AvgIpc) is 2.70. The van der Waals surface area contributed by atoms with Crippen LogP contribution in [0.3, 0.4) is 0 Å². The molecule has 0 bridgehead atoms. The first-order chi connectivity index (χ1) is 9.01. The SMILES string of the molecule is CCc1cc(CC(=O)c2ccc(Br)cc2Br)n(C)n1. The Balaban J connectivity index is 2.23. The largest absolute Gasteiger partial charge is 0.294 e. The van der Waals surface area contributed by atoms with Gasteiger partial charge in [0.05, 0.1) is 12.1 Å². The normalized spacial score (nSPS) is 10.7. The first-order valence-electron chi connectivity index (χ1n) is 6.01. The highest BCUT2D eigenvalue weighted by atomic mass is 79.9. The number of carbonyl (C=O) groups excluding carboxylic acids is 1. The molecule has 0 aliphatic heterocycles. The third kappa shape index (κ3) is 3.34. The fourth-order valence-corrected chi connectivity index (χ4v) is 3.15. The van der Waals surface area contributed by atoms with E-state index in [9.17, 15) is 4.79 Å². The molecule has 2 aromatic rings. The topological polar surface area (TPSA) is 34.9 Å². The van der Waals surface area contributed by atoms with Gasteiger partial charge in [0, 0.05) is 27.3 Å². The number of Topliss-reactive ketones (excluding diaryl/α,β-unsaturated/α-hetero) is 1. The molecule has 0 fully saturated rings. The molecule has 1 aromatic heterocycles. The zero-order chi connectivity index (χ0) is 14.0. The summed E-state index contributed by atoms with van der Waals surface area (Å²) in [6.07, 6.45) is 1.24. The summed E-state index contributed by atoms with van der Waals surface area (Å²) < 4.78 is 3.54. The van der Waals surface area contributed by atoms with Gasteiger partial charge in [-0.2, -0.15) is 5.10 Å². The maximum Gasteiger partial charge on any atom is 0.169 e. The highest BCUT2D eigenvalue weighted by molar-refractivity contribution is 9.11. The summed E-state index contributed by atoms with van der Waals surface area (Å²) in [4.78, 5) is 12.3. The number of aromatic nitrogens is 2. The molecular formula is C14H14Br2N2O. The van der Waals surface area contributed by atoms with Crippen LogP contribution in [0.25, 0.3) is 0 Å². The summed E-state index contributed by atoms with van der Waals surface area (Å²) >= 11 is 6.81. The number of hydrogen-bond acceptors (Lipinski definition) is 2. The van der Waals surface area contributed by atoms with Crippen LogP contribution < -0.4 is 0 Å². The van der Waals surface area contributed by atoms with Crippen LogP contribution in [0.1, 0.15) is 28.7 Å². The molecule has 0 aliphatic rings. The van der Waals surface area contributed by atoms with Gasteiger partial charge < -0.3 is 0 Å². The highest BCUT2D eigenvalue weighted by Crippen LogP contribution is 2.23. The van der Waals surface area contributed by atoms with E-state index in [0.717, 1.165) is 26.8 Å². The molecule has 19 heavy (non-hydrogen) atoms. The van der Waals surface area contributed by atoms with Crippen LogP contribution in [0.4, 0.5) is 0 Å². The Hall–Kier alpha value is -0.940. The van der Waals surface area contributed by atoms with E-state index in [1.54, 1.807) is 4.68 Å². The number of nitrogens with zero attached hydrogens (tertiary/aromatic N) is 2. The summed E-state index contributed by atoms with van der Waals surface area (Å²) in [5.74, 6) is 0.0880. The summed E-state index contributed by atoms with van der Waals surface area (Å²) in [5.41, 5.74) is 2.65. The molecule has 0 spiro atoms. The third-order valence-electron chi connectivity index (χ3n) is 2.96. The van der Waals surface area contributed by atoms with E-state index in [0.29, 0.717) is 12.0 Å². The number of benzene rings is 1. The van der Waals surface area contributed by atoms with Crippen molar-refractivity contribution in [1.29, 1.82) is 0 Å². The second-order valence-corrected chi connectivity index (χ2v) is 6.10. The Morgan fingerprint density at radius 1 is 1.32 bits per heavy atom. The zero-order valence-electron chi connectivity index (χ0n) is 10.8. The number of rotatable bonds is 4. The second-order valence-electron chi connectivity index (χ2n) is 4.33. The number of halogens is 2. The van der Waals surface area contributed by atoms with E-state index in [4.69, 9.17) is 0 Å². The van der Waals surface area contributed by atoms with Gasteiger partial charge in [0.15, 0.2) is 5.78 Å². The van der Waals surface area contributed by atoms with Crippen LogP contribution in [0, 0.1) is 0 Å². The molecule has 0 radical (unpaired) electrons. The fourth-order valence-electron chi connectivity index (χ4n) is 1.89. The highest BCUT2D eigenvalue weighted by Gasteiger charge is 2.14. The average molecular weight is 386 g/mol. The van der Waals surface area contributed by atoms with E-state index in [1.165, 1.54) is 0 Å². The minimum atomic E-state index is 0.0880. The standard InChI is InChI=1S/C14H14Br2N2O/c1-3-10-7-11(18(2)17-10)8-14(19)12-5-4-9(15)6-13(12)16/h4-7H,3,8H2,1-2H3. The van der Waals surface area contributed by atoms with Crippen molar-refractivity contribution in [2.45, 2.75) is 19.8 Å². The Morgan fingerprint density at radius 3 is 2.63 bits per heavy atom. The molecular weight excluding hydrogens is 372 g/mol. The second kappa shape index (κ2) is 6.01. The number of hydrogen-bond donors (Lipinski definition) is 0. The third-order valence-corrected chi connectivity index (χ3v) is 4.11. The van der Waals surface area contributed by atoms with E-state index >= 15 is 0 Å². The van der Waals surface area contributed by atoms with Crippen LogP contribution in [0.2, 0.25) is 0 Å². The molecule has 0 unspecified atom stereocenters. The fraction of sp³-hybridized carbons (Fsp3) is 0.286. The van der Waals surface area contributed by atoms with Gasteiger partial charge in [-0.25, -0.2) is 0 Å². The molecule has 0 saturated heterocycles. The van der Waals surface area contributed by atoms with Gasteiger partial charge in [-0.05, 0) is 30.7 Å². The van der Waals surface area contributed by atoms with Crippen LogP contribution in [0.5, 0.6) is 0 Å². The van der Waals surface area contributed by atoms with Crippen molar-refractivity contribution >= 4 is 37.6 Å². The van der Waals surface area contributed by atoms with Crippen molar-refractivity contribution < 1.29 is 4.79 Å². The predicted octanol–water partition coefficient (Wildman–Crippen LogP) is 3.93. The number of carbonyl (C=O) groups is 1. The van der Waals surface area contributed by atoms with E-state index in [2.05, 4.69) is 43.9 Å². The lowest BCUT2D eigenvalue weighted by Crippen LogP contribution is -2.08. The van der Waals surface area contributed by atoms with Crippen LogP contribution in [0.15, 0.2) is 33.2 Å². The molecule has 3 nitrogen and oxygen atoms in total. The summed E-state index contributed by atoms with van der Waals surface area (Å²) in [6, 6.07) is 7.57. The Morgan fingerprint density at radius 2 is 2.05 bits per heavy atom. The van der Waals surface area contributed by atoms with Crippen LogP contribution in [-0.4, -0.2) is 15.6 Å². The molecule has 2 rings (SSSR count). The van der Waals surface area contributed by atoms with Gasteiger partial charge >= 0.3 is 0 Å².